The zero-order chi connectivity index (χ0) is 20.8. The van der Waals surface area contributed by atoms with Crippen molar-refractivity contribution in [1.82, 2.24) is 0 Å². The Kier molecular flexibility index (Phi) is 7.64. The maximum absolute atomic E-state index is 14.5. The van der Waals surface area contributed by atoms with Gasteiger partial charge in [0.05, 0.1) is 10.6 Å². The van der Waals surface area contributed by atoms with Gasteiger partial charge < -0.3 is 4.74 Å². The SMILES string of the molecule is COCCC[C@H]1CC[C@H](c2cc(F)c(C#Cc3ccc(Cl)c(F)c3)c(F)c2)CC1. The number of hydrogen-bond acceptors (Lipinski definition) is 1. The minimum atomic E-state index is -0.677. The molecule has 0 bridgehead atoms. The molecular formula is C24H24ClF3O. The van der Waals surface area contributed by atoms with E-state index in [0.717, 1.165) is 51.2 Å². The quantitative estimate of drug-likeness (QED) is 0.379. The van der Waals surface area contributed by atoms with Gasteiger partial charge in [0, 0.05) is 19.3 Å². The lowest BCUT2D eigenvalue weighted by molar-refractivity contribution is 0.180. The summed E-state index contributed by atoms with van der Waals surface area (Å²) in [5.41, 5.74) is 0.706. The van der Waals surface area contributed by atoms with E-state index < -0.39 is 17.5 Å². The maximum Gasteiger partial charge on any atom is 0.143 e. The lowest BCUT2D eigenvalue weighted by Crippen LogP contribution is -2.14. The molecule has 5 heteroatoms. The summed E-state index contributed by atoms with van der Waals surface area (Å²) in [6.45, 7) is 0.779. The summed E-state index contributed by atoms with van der Waals surface area (Å²) in [7, 11) is 1.71. The highest BCUT2D eigenvalue weighted by atomic mass is 35.5. The zero-order valence-electron chi connectivity index (χ0n) is 16.4. The van der Waals surface area contributed by atoms with Crippen molar-refractivity contribution in [2.24, 2.45) is 5.92 Å². The molecule has 29 heavy (non-hydrogen) atoms. The van der Waals surface area contributed by atoms with E-state index in [2.05, 4.69) is 11.8 Å². The fourth-order valence-corrected chi connectivity index (χ4v) is 4.07. The van der Waals surface area contributed by atoms with Crippen molar-refractivity contribution in [1.29, 1.82) is 0 Å². The largest absolute Gasteiger partial charge is 0.385 e. The Labute approximate surface area is 175 Å². The van der Waals surface area contributed by atoms with Gasteiger partial charge in [-0.25, -0.2) is 13.2 Å². The third kappa shape index (κ3) is 5.78. The molecule has 0 amide bonds. The van der Waals surface area contributed by atoms with Gasteiger partial charge in [-0.05, 0) is 86.3 Å². The molecule has 0 N–H and O–H groups in total. The molecule has 2 aromatic carbocycles. The molecule has 1 saturated carbocycles. The lowest BCUT2D eigenvalue weighted by atomic mass is 9.77. The molecule has 154 valence electrons. The predicted molar refractivity (Wildman–Crippen MR) is 110 cm³/mol. The highest BCUT2D eigenvalue weighted by molar-refractivity contribution is 6.30. The van der Waals surface area contributed by atoms with Crippen LogP contribution < -0.4 is 0 Å². The molecule has 0 aromatic heterocycles. The minimum Gasteiger partial charge on any atom is -0.385 e. The van der Waals surface area contributed by atoms with Crippen molar-refractivity contribution in [3.63, 3.8) is 0 Å². The normalized spacial score (nSPS) is 18.9. The second-order valence-corrected chi connectivity index (χ2v) is 8.00. The van der Waals surface area contributed by atoms with E-state index in [9.17, 15) is 13.2 Å². The Bertz CT molecular complexity index is 885. The average molecular weight is 421 g/mol. The van der Waals surface area contributed by atoms with Gasteiger partial charge in [0.15, 0.2) is 0 Å². The molecule has 0 radical (unpaired) electrons. The molecular weight excluding hydrogens is 397 g/mol. The summed E-state index contributed by atoms with van der Waals surface area (Å²) in [5.74, 6) is 3.96. The van der Waals surface area contributed by atoms with Gasteiger partial charge in [-0.1, -0.05) is 23.4 Å². The van der Waals surface area contributed by atoms with Gasteiger partial charge in [-0.2, -0.15) is 0 Å². The summed E-state index contributed by atoms with van der Waals surface area (Å²) in [5, 5.41) is -0.0225. The van der Waals surface area contributed by atoms with Gasteiger partial charge >= 0.3 is 0 Å². The van der Waals surface area contributed by atoms with Crippen LogP contribution in [0.25, 0.3) is 0 Å². The Morgan fingerprint density at radius 1 is 0.966 bits per heavy atom. The molecule has 0 atom stereocenters. The van der Waals surface area contributed by atoms with Crippen LogP contribution in [0.15, 0.2) is 30.3 Å². The van der Waals surface area contributed by atoms with E-state index in [-0.39, 0.29) is 16.5 Å². The molecule has 1 nitrogen and oxygen atoms in total. The standard InChI is InChI=1S/C24H24ClF3O/c1-29-12-2-3-16-4-8-18(9-5-16)19-14-22(26)20(23(27)15-19)10-6-17-7-11-21(25)24(28)13-17/h7,11,13-16,18H,2-5,8-9,12H2,1H3/t16-,18-. The molecule has 0 heterocycles. The molecule has 0 saturated heterocycles. The Hall–Kier alpha value is -1.96. The summed E-state index contributed by atoms with van der Waals surface area (Å²) in [6, 6.07) is 6.80. The van der Waals surface area contributed by atoms with Gasteiger partial charge in [-0.15, -0.1) is 0 Å². The summed E-state index contributed by atoms with van der Waals surface area (Å²) >= 11 is 5.63. The average Bonchev–Trinajstić information content (AvgIpc) is 2.70. The van der Waals surface area contributed by atoms with E-state index in [1.54, 1.807) is 7.11 Å². The lowest BCUT2D eigenvalue weighted by Gasteiger charge is -2.29. The number of hydrogen-bond donors (Lipinski definition) is 0. The molecule has 3 rings (SSSR count). The van der Waals surface area contributed by atoms with Gasteiger partial charge in [0.2, 0.25) is 0 Å². The fraction of sp³-hybridized carbons (Fsp3) is 0.417. The summed E-state index contributed by atoms with van der Waals surface area (Å²) in [6.07, 6.45) is 6.21. The van der Waals surface area contributed by atoms with Crippen molar-refractivity contribution in [3.8, 4) is 11.8 Å². The van der Waals surface area contributed by atoms with Crippen LogP contribution >= 0.6 is 11.6 Å². The third-order valence-corrected chi connectivity index (χ3v) is 5.90. The number of rotatable bonds is 5. The molecule has 0 spiro atoms. The molecule has 1 aliphatic rings. The molecule has 1 fully saturated rings. The van der Waals surface area contributed by atoms with E-state index >= 15 is 0 Å². The first kappa shape index (κ1) is 21.7. The van der Waals surface area contributed by atoms with Crippen LogP contribution in [0.3, 0.4) is 0 Å². The fourth-order valence-electron chi connectivity index (χ4n) is 3.96. The van der Waals surface area contributed by atoms with Crippen LogP contribution in [0.4, 0.5) is 13.2 Å². The molecule has 0 aliphatic heterocycles. The molecule has 1 aliphatic carbocycles. The third-order valence-electron chi connectivity index (χ3n) is 5.59. The highest BCUT2D eigenvalue weighted by Gasteiger charge is 2.24. The summed E-state index contributed by atoms with van der Waals surface area (Å²) in [4.78, 5) is 0. The number of methoxy groups -OCH3 is 1. The van der Waals surface area contributed by atoms with Crippen LogP contribution in [0.5, 0.6) is 0 Å². The van der Waals surface area contributed by atoms with Crippen LogP contribution in [-0.4, -0.2) is 13.7 Å². The maximum atomic E-state index is 14.5. The van der Waals surface area contributed by atoms with Crippen LogP contribution in [-0.2, 0) is 4.74 Å². The minimum absolute atomic E-state index is 0.0225. The second-order valence-electron chi connectivity index (χ2n) is 7.59. The zero-order valence-corrected chi connectivity index (χ0v) is 17.2. The van der Waals surface area contributed by atoms with Crippen molar-refractivity contribution in [2.45, 2.75) is 44.4 Å². The first-order valence-electron chi connectivity index (χ1n) is 9.93. The molecule has 0 unspecified atom stereocenters. The van der Waals surface area contributed by atoms with Crippen molar-refractivity contribution < 1.29 is 17.9 Å². The van der Waals surface area contributed by atoms with E-state index in [1.165, 1.54) is 24.3 Å². The van der Waals surface area contributed by atoms with Crippen molar-refractivity contribution >= 4 is 11.6 Å². The van der Waals surface area contributed by atoms with Crippen LogP contribution in [0, 0.1) is 35.2 Å². The van der Waals surface area contributed by atoms with Crippen LogP contribution in [0.2, 0.25) is 5.02 Å². The monoisotopic (exact) mass is 420 g/mol. The Morgan fingerprint density at radius 3 is 2.28 bits per heavy atom. The second kappa shape index (κ2) is 10.2. The number of halogens is 4. The summed E-state index contributed by atoms with van der Waals surface area (Å²) < 4.78 is 47.7. The van der Waals surface area contributed by atoms with Crippen molar-refractivity contribution in [3.05, 3.63) is 69.5 Å². The topological polar surface area (TPSA) is 9.23 Å². The van der Waals surface area contributed by atoms with Crippen LogP contribution in [0.1, 0.15) is 61.1 Å². The first-order valence-corrected chi connectivity index (χ1v) is 10.3. The first-order chi connectivity index (χ1) is 14.0. The van der Waals surface area contributed by atoms with Gasteiger partial charge in [0.25, 0.3) is 0 Å². The Balaban J connectivity index is 1.69. The smallest absolute Gasteiger partial charge is 0.143 e. The van der Waals surface area contributed by atoms with Crippen molar-refractivity contribution in [2.75, 3.05) is 13.7 Å². The Morgan fingerprint density at radius 2 is 1.66 bits per heavy atom. The van der Waals surface area contributed by atoms with Gasteiger partial charge in [0.1, 0.15) is 17.5 Å². The van der Waals surface area contributed by atoms with E-state index in [1.807, 2.05) is 0 Å². The number of ether oxygens (including phenoxy) is 1. The predicted octanol–water partition coefficient (Wildman–Crippen LogP) is 6.86. The van der Waals surface area contributed by atoms with Gasteiger partial charge in [-0.3, -0.25) is 0 Å². The van der Waals surface area contributed by atoms with E-state index in [0.29, 0.717) is 17.0 Å². The van der Waals surface area contributed by atoms with E-state index in [4.69, 9.17) is 16.3 Å². The highest BCUT2D eigenvalue weighted by Crippen LogP contribution is 2.38. The molecule has 2 aromatic rings. The number of benzene rings is 2.